The molecule has 1 saturated heterocycles. The molecule has 0 aromatic heterocycles. The molecular weight excluding hydrogens is 186 g/mol. The van der Waals surface area contributed by atoms with Crippen molar-refractivity contribution >= 4 is 0 Å². The molecular formula is C12H23N3. The van der Waals surface area contributed by atoms with Crippen LogP contribution in [0.3, 0.4) is 0 Å². The first-order valence-electron chi connectivity index (χ1n) is 5.79. The van der Waals surface area contributed by atoms with Gasteiger partial charge in [-0.3, -0.25) is 4.90 Å². The van der Waals surface area contributed by atoms with E-state index in [9.17, 15) is 0 Å². The van der Waals surface area contributed by atoms with E-state index in [-0.39, 0.29) is 5.54 Å². The fraction of sp³-hybridized carbons (Fsp3) is 0.917. The Kier molecular flexibility index (Phi) is 3.75. The molecule has 1 atom stereocenters. The van der Waals surface area contributed by atoms with Crippen LogP contribution in [0.15, 0.2) is 0 Å². The Balaban J connectivity index is 2.47. The van der Waals surface area contributed by atoms with Crippen molar-refractivity contribution in [3.63, 3.8) is 0 Å². The van der Waals surface area contributed by atoms with Crippen LogP contribution in [0, 0.1) is 11.3 Å². The van der Waals surface area contributed by atoms with Gasteiger partial charge in [-0.05, 0) is 53.6 Å². The second-order valence-electron chi connectivity index (χ2n) is 5.35. The molecule has 1 aliphatic rings. The molecule has 3 heteroatoms. The van der Waals surface area contributed by atoms with Crippen molar-refractivity contribution in [1.29, 1.82) is 5.26 Å². The van der Waals surface area contributed by atoms with E-state index in [0.717, 1.165) is 13.0 Å². The van der Waals surface area contributed by atoms with Crippen LogP contribution in [0.4, 0.5) is 0 Å². The van der Waals surface area contributed by atoms with E-state index < -0.39 is 0 Å². The lowest BCUT2D eigenvalue weighted by Crippen LogP contribution is -2.45. The molecule has 1 unspecified atom stereocenters. The largest absolute Gasteiger partial charge is 0.303 e. The number of nitriles is 1. The summed E-state index contributed by atoms with van der Waals surface area (Å²) in [5.41, 5.74) is -0.0528. The van der Waals surface area contributed by atoms with Crippen molar-refractivity contribution in [2.45, 2.75) is 51.1 Å². The van der Waals surface area contributed by atoms with Crippen LogP contribution in [0.5, 0.6) is 0 Å². The topological polar surface area (TPSA) is 39.1 Å². The molecule has 0 aromatic rings. The Bertz CT molecular complexity index is 254. The minimum atomic E-state index is -0.376. The van der Waals surface area contributed by atoms with E-state index in [2.05, 4.69) is 30.1 Å². The van der Waals surface area contributed by atoms with Gasteiger partial charge in [-0.25, -0.2) is 0 Å². The quantitative estimate of drug-likeness (QED) is 0.766. The summed E-state index contributed by atoms with van der Waals surface area (Å²) in [5, 5.41) is 12.1. The van der Waals surface area contributed by atoms with Gasteiger partial charge in [-0.2, -0.15) is 5.26 Å². The average Bonchev–Trinajstić information content (AvgIpc) is 2.54. The summed E-state index contributed by atoms with van der Waals surface area (Å²) in [6.07, 6.45) is 3.45. The van der Waals surface area contributed by atoms with E-state index in [1.54, 1.807) is 0 Å². The Labute approximate surface area is 93.5 Å². The Hall–Kier alpha value is -0.590. The molecule has 0 radical (unpaired) electrons. The molecule has 0 bridgehead atoms. The fourth-order valence-electron chi connectivity index (χ4n) is 2.17. The van der Waals surface area contributed by atoms with Crippen molar-refractivity contribution in [3.05, 3.63) is 0 Å². The molecule has 0 amide bonds. The zero-order valence-corrected chi connectivity index (χ0v) is 10.4. The van der Waals surface area contributed by atoms with Gasteiger partial charge in [0.2, 0.25) is 0 Å². The maximum absolute atomic E-state index is 9.06. The first kappa shape index (κ1) is 12.5. The van der Waals surface area contributed by atoms with Gasteiger partial charge < -0.3 is 5.32 Å². The van der Waals surface area contributed by atoms with Gasteiger partial charge in [0.1, 0.15) is 5.54 Å². The third kappa shape index (κ3) is 2.93. The van der Waals surface area contributed by atoms with Crippen molar-refractivity contribution in [2.75, 3.05) is 20.1 Å². The van der Waals surface area contributed by atoms with Crippen molar-refractivity contribution < 1.29 is 0 Å². The molecule has 86 valence electrons. The first-order chi connectivity index (χ1) is 6.93. The van der Waals surface area contributed by atoms with Gasteiger partial charge in [0.15, 0.2) is 0 Å². The van der Waals surface area contributed by atoms with Gasteiger partial charge in [0, 0.05) is 12.1 Å². The molecule has 1 aliphatic heterocycles. The highest BCUT2D eigenvalue weighted by Gasteiger charge is 2.33. The minimum absolute atomic E-state index is 0.324. The Morgan fingerprint density at radius 2 is 2.20 bits per heavy atom. The predicted molar refractivity (Wildman–Crippen MR) is 62.6 cm³/mol. The number of nitrogens with zero attached hydrogens (tertiary/aromatic N) is 2. The molecule has 0 spiro atoms. The molecule has 3 nitrogen and oxygen atoms in total. The van der Waals surface area contributed by atoms with Crippen LogP contribution in [0.1, 0.15) is 40.0 Å². The van der Waals surface area contributed by atoms with Crippen molar-refractivity contribution in [2.24, 2.45) is 0 Å². The molecule has 0 aromatic carbocycles. The fourth-order valence-corrected chi connectivity index (χ4v) is 2.17. The van der Waals surface area contributed by atoms with E-state index in [1.807, 2.05) is 14.0 Å². The van der Waals surface area contributed by atoms with Crippen LogP contribution in [-0.2, 0) is 0 Å². The second kappa shape index (κ2) is 4.51. The predicted octanol–water partition coefficient (Wildman–Crippen LogP) is 1.75. The Morgan fingerprint density at radius 1 is 1.53 bits per heavy atom. The summed E-state index contributed by atoms with van der Waals surface area (Å²) in [6.45, 7) is 8.75. The highest BCUT2D eigenvalue weighted by molar-refractivity contribution is 5.04. The number of hydrogen-bond donors (Lipinski definition) is 1. The average molecular weight is 209 g/mol. The lowest BCUT2D eigenvalue weighted by atomic mass is 9.97. The zero-order chi connectivity index (χ0) is 11.5. The maximum Gasteiger partial charge on any atom is 0.104 e. The molecule has 1 fully saturated rings. The van der Waals surface area contributed by atoms with Crippen LogP contribution >= 0.6 is 0 Å². The third-order valence-corrected chi connectivity index (χ3v) is 3.75. The van der Waals surface area contributed by atoms with E-state index in [4.69, 9.17) is 5.26 Å². The summed E-state index contributed by atoms with van der Waals surface area (Å²) in [6, 6.07) is 2.34. The SMILES string of the molecule is CNC(C)(C#N)CCN1CCCC1(C)C. The van der Waals surface area contributed by atoms with E-state index in [1.165, 1.54) is 19.4 Å². The van der Waals surface area contributed by atoms with Gasteiger partial charge >= 0.3 is 0 Å². The standard InChI is InChI=1S/C12H23N3/c1-11(2)6-5-8-15(11)9-7-12(3,10-13)14-4/h14H,5-9H2,1-4H3. The maximum atomic E-state index is 9.06. The summed E-state index contributed by atoms with van der Waals surface area (Å²) >= 11 is 0. The summed E-state index contributed by atoms with van der Waals surface area (Å²) < 4.78 is 0. The monoisotopic (exact) mass is 209 g/mol. The highest BCUT2D eigenvalue weighted by atomic mass is 15.2. The van der Waals surface area contributed by atoms with Crippen LogP contribution in [-0.4, -0.2) is 36.1 Å². The minimum Gasteiger partial charge on any atom is -0.303 e. The summed E-state index contributed by atoms with van der Waals surface area (Å²) in [5.74, 6) is 0. The molecule has 1 rings (SSSR count). The zero-order valence-electron chi connectivity index (χ0n) is 10.4. The smallest absolute Gasteiger partial charge is 0.104 e. The summed E-state index contributed by atoms with van der Waals surface area (Å²) in [4.78, 5) is 2.50. The number of likely N-dealkylation sites (tertiary alicyclic amines) is 1. The molecule has 15 heavy (non-hydrogen) atoms. The number of hydrogen-bond acceptors (Lipinski definition) is 3. The lowest BCUT2D eigenvalue weighted by molar-refractivity contribution is 0.162. The third-order valence-electron chi connectivity index (χ3n) is 3.75. The highest BCUT2D eigenvalue weighted by Crippen LogP contribution is 2.28. The summed E-state index contributed by atoms with van der Waals surface area (Å²) in [7, 11) is 1.86. The Morgan fingerprint density at radius 3 is 2.60 bits per heavy atom. The van der Waals surface area contributed by atoms with Gasteiger partial charge in [0.05, 0.1) is 6.07 Å². The normalized spacial score (nSPS) is 24.7. The van der Waals surface area contributed by atoms with Gasteiger partial charge in [0.25, 0.3) is 0 Å². The van der Waals surface area contributed by atoms with Crippen molar-refractivity contribution in [3.8, 4) is 6.07 Å². The van der Waals surface area contributed by atoms with Crippen molar-refractivity contribution in [1.82, 2.24) is 10.2 Å². The van der Waals surface area contributed by atoms with E-state index in [0.29, 0.717) is 5.54 Å². The second-order valence-corrected chi connectivity index (χ2v) is 5.35. The van der Waals surface area contributed by atoms with Gasteiger partial charge in [-0.15, -0.1) is 0 Å². The van der Waals surface area contributed by atoms with E-state index >= 15 is 0 Å². The van der Waals surface area contributed by atoms with Crippen LogP contribution < -0.4 is 5.32 Å². The molecule has 1 N–H and O–H groups in total. The molecule has 0 saturated carbocycles. The van der Waals surface area contributed by atoms with Crippen LogP contribution in [0.2, 0.25) is 0 Å². The number of rotatable bonds is 4. The molecule has 0 aliphatic carbocycles. The lowest BCUT2D eigenvalue weighted by Gasteiger charge is -2.33. The molecule has 1 heterocycles. The first-order valence-corrected chi connectivity index (χ1v) is 5.79. The van der Waals surface area contributed by atoms with Crippen LogP contribution in [0.25, 0.3) is 0 Å². The van der Waals surface area contributed by atoms with Gasteiger partial charge in [-0.1, -0.05) is 0 Å². The number of nitrogens with one attached hydrogen (secondary N) is 1.